The van der Waals surface area contributed by atoms with Gasteiger partial charge in [0.05, 0.1) is 24.8 Å². The molecular formula is C22H21ClFN9O4. The highest BCUT2D eigenvalue weighted by Crippen LogP contribution is 2.33. The maximum atomic E-state index is 13.9. The highest BCUT2D eigenvalue weighted by atomic mass is 35.5. The molecule has 192 valence electrons. The first-order valence-corrected chi connectivity index (χ1v) is 11.4. The summed E-state index contributed by atoms with van der Waals surface area (Å²) in [5.41, 5.74) is 6.19. The summed E-state index contributed by atoms with van der Waals surface area (Å²) in [6, 6.07) is 4.56. The Kier molecular flexibility index (Phi) is 6.90. The van der Waals surface area contributed by atoms with Crippen molar-refractivity contribution in [2.24, 2.45) is 0 Å². The van der Waals surface area contributed by atoms with E-state index < -0.39 is 36.3 Å². The third-order valence-corrected chi connectivity index (χ3v) is 5.85. The number of amides is 1. The van der Waals surface area contributed by atoms with Crippen LogP contribution in [0.2, 0.25) is 5.02 Å². The summed E-state index contributed by atoms with van der Waals surface area (Å²) in [6.07, 6.45) is -0.198. The van der Waals surface area contributed by atoms with E-state index in [1.54, 1.807) is 18.3 Å². The molecule has 1 aliphatic heterocycles. The number of fused-ring (bicyclic) bond motifs is 1. The molecule has 13 nitrogen and oxygen atoms in total. The molecule has 0 unspecified atom stereocenters. The van der Waals surface area contributed by atoms with Crippen LogP contribution >= 0.6 is 11.6 Å². The minimum atomic E-state index is -1.52. The highest BCUT2D eigenvalue weighted by molar-refractivity contribution is 6.30. The van der Waals surface area contributed by atoms with E-state index >= 15 is 0 Å². The number of hydrogen-bond donors (Lipinski definition) is 5. The van der Waals surface area contributed by atoms with Gasteiger partial charge in [0, 0.05) is 30.0 Å². The largest absolute Gasteiger partial charge is 0.387 e. The third-order valence-electron chi connectivity index (χ3n) is 5.62. The number of hydrazine groups is 1. The standard InChI is InChI=1S/C22H21ClFN9O4/c1-25-32-21(36)17-15(34)16(35)22(37-17)33-9-29-14-19(28-8-13-5-11(23)2-3-27-13)30-18(31-20(14)33)10-4-12(24)7-26-6-10/h2-7,9,15-17,22,25,34-35H,8H2,1H3,(H,32,36)(H,28,30,31)/t15-,16+,17-,22+/m0/s1. The molecule has 5 N–H and O–H groups in total. The Labute approximate surface area is 213 Å². The zero-order chi connectivity index (χ0) is 26.1. The molecule has 0 aromatic carbocycles. The Hall–Kier alpha value is -3.82. The molecule has 0 aliphatic carbocycles. The molecule has 15 heteroatoms. The minimum absolute atomic E-state index is 0.111. The lowest BCUT2D eigenvalue weighted by Crippen LogP contribution is -2.46. The van der Waals surface area contributed by atoms with Crippen molar-refractivity contribution < 1.29 is 24.1 Å². The van der Waals surface area contributed by atoms with Gasteiger partial charge in [-0.3, -0.25) is 24.8 Å². The number of carbonyl (C=O) groups is 1. The van der Waals surface area contributed by atoms with Gasteiger partial charge in [0.2, 0.25) is 0 Å². The molecule has 1 amide bonds. The Morgan fingerprint density at radius 2 is 2.05 bits per heavy atom. The molecule has 1 fully saturated rings. The van der Waals surface area contributed by atoms with Crippen molar-refractivity contribution in [3.8, 4) is 11.4 Å². The zero-order valence-electron chi connectivity index (χ0n) is 19.2. The fourth-order valence-electron chi connectivity index (χ4n) is 3.91. The number of aromatic nitrogens is 6. The van der Waals surface area contributed by atoms with Gasteiger partial charge in [0.15, 0.2) is 35.1 Å². The second-order valence-electron chi connectivity index (χ2n) is 8.10. The van der Waals surface area contributed by atoms with E-state index in [1.165, 1.54) is 30.2 Å². The molecule has 1 saturated heterocycles. The van der Waals surface area contributed by atoms with Gasteiger partial charge in [0.1, 0.15) is 18.0 Å². The Bertz CT molecular complexity index is 1450. The van der Waals surface area contributed by atoms with Crippen LogP contribution < -0.4 is 16.2 Å². The molecular weight excluding hydrogens is 509 g/mol. The van der Waals surface area contributed by atoms with E-state index in [9.17, 15) is 19.4 Å². The monoisotopic (exact) mass is 529 g/mol. The fraction of sp³-hybridized carbons (Fsp3) is 0.273. The summed E-state index contributed by atoms with van der Waals surface area (Å²) in [4.78, 5) is 33.7. The lowest BCUT2D eigenvalue weighted by atomic mass is 10.1. The van der Waals surface area contributed by atoms with Gasteiger partial charge >= 0.3 is 0 Å². The number of nitrogens with one attached hydrogen (secondary N) is 3. The van der Waals surface area contributed by atoms with Crippen molar-refractivity contribution in [3.63, 3.8) is 0 Å². The lowest BCUT2D eigenvalue weighted by molar-refractivity contribution is -0.138. The van der Waals surface area contributed by atoms with Crippen LogP contribution in [0.3, 0.4) is 0 Å². The molecule has 0 spiro atoms. The molecule has 0 saturated carbocycles. The van der Waals surface area contributed by atoms with Crippen molar-refractivity contribution in [1.29, 1.82) is 0 Å². The molecule has 4 aromatic heterocycles. The first-order chi connectivity index (χ1) is 17.9. The summed E-state index contributed by atoms with van der Waals surface area (Å²) in [5.74, 6) is -0.857. The van der Waals surface area contributed by atoms with Gasteiger partial charge < -0.3 is 20.3 Å². The molecule has 4 atom stereocenters. The second-order valence-corrected chi connectivity index (χ2v) is 8.53. The van der Waals surface area contributed by atoms with Gasteiger partial charge in [0.25, 0.3) is 5.91 Å². The number of imidazole rings is 1. The van der Waals surface area contributed by atoms with Crippen LogP contribution in [0, 0.1) is 5.82 Å². The van der Waals surface area contributed by atoms with Gasteiger partial charge in [-0.1, -0.05) is 11.6 Å². The number of aliphatic hydroxyl groups excluding tert-OH is 2. The van der Waals surface area contributed by atoms with Crippen LogP contribution in [0.15, 0.2) is 43.1 Å². The lowest BCUT2D eigenvalue weighted by Gasteiger charge is -2.17. The van der Waals surface area contributed by atoms with Crippen molar-refractivity contribution in [2.75, 3.05) is 12.4 Å². The van der Waals surface area contributed by atoms with Crippen LogP contribution in [0.5, 0.6) is 0 Å². The van der Waals surface area contributed by atoms with Gasteiger partial charge in [-0.25, -0.2) is 24.8 Å². The number of halogens is 2. The Morgan fingerprint density at radius 3 is 2.81 bits per heavy atom. The number of ether oxygens (including phenoxy) is 1. The minimum Gasteiger partial charge on any atom is -0.387 e. The Balaban J connectivity index is 1.56. The average Bonchev–Trinajstić information content (AvgIpc) is 3.43. The predicted molar refractivity (Wildman–Crippen MR) is 128 cm³/mol. The van der Waals surface area contributed by atoms with Gasteiger partial charge in [-0.2, -0.15) is 0 Å². The van der Waals surface area contributed by atoms with E-state index in [0.717, 1.165) is 6.20 Å². The van der Waals surface area contributed by atoms with Crippen LogP contribution in [0.1, 0.15) is 11.9 Å². The van der Waals surface area contributed by atoms with Crippen LogP contribution in [-0.2, 0) is 16.1 Å². The molecule has 37 heavy (non-hydrogen) atoms. The molecule has 5 heterocycles. The molecule has 5 rings (SSSR count). The zero-order valence-corrected chi connectivity index (χ0v) is 20.0. The Morgan fingerprint density at radius 1 is 1.22 bits per heavy atom. The molecule has 0 bridgehead atoms. The molecule has 4 aromatic rings. The predicted octanol–water partition coefficient (Wildman–Crippen LogP) is 0.558. The van der Waals surface area contributed by atoms with E-state index in [4.69, 9.17) is 16.3 Å². The number of aliphatic hydroxyl groups is 2. The number of carbonyl (C=O) groups excluding carboxylic acids is 1. The summed E-state index contributed by atoms with van der Waals surface area (Å²) >= 11 is 6.06. The van der Waals surface area contributed by atoms with Crippen molar-refractivity contribution >= 4 is 34.5 Å². The third kappa shape index (κ3) is 4.92. The average molecular weight is 530 g/mol. The van der Waals surface area contributed by atoms with Crippen LogP contribution in [0.4, 0.5) is 10.2 Å². The summed E-state index contributed by atoms with van der Waals surface area (Å²) in [5, 5.41) is 24.8. The smallest absolute Gasteiger partial charge is 0.266 e. The van der Waals surface area contributed by atoms with E-state index in [0.29, 0.717) is 16.2 Å². The summed E-state index contributed by atoms with van der Waals surface area (Å²) < 4.78 is 21.0. The van der Waals surface area contributed by atoms with Crippen LogP contribution in [-0.4, -0.2) is 71.0 Å². The highest BCUT2D eigenvalue weighted by Gasteiger charge is 2.47. The summed E-state index contributed by atoms with van der Waals surface area (Å²) in [6.45, 7) is 0.230. The first kappa shape index (κ1) is 24.9. The van der Waals surface area contributed by atoms with Crippen molar-refractivity contribution in [3.05, 3.63) is 59.7 Å². The quantitative estimate of drug-likeness (QED) is 0.212. The second kappa shape index (κ2) is 10.3. The molecule has 1 aliphatic rings. The first-order valence-electron chi connectivity index (χ1n) is 11.0. The van der Waals surface area contributed by atoms with E-state index in [1.807, 2.05) is 0 Å². The number of anilines is 1. The maximum Gasteiger partial charge on any atom is 0.266 e. The van der Waals surface area contributed by atoms with E-state index in [2.05, 4.69) is 41.1 Å². The van der Waals surface area contributed by atoms with Gasteiger partial charge in [-0.15, -0.1) is 0 Å². The number of nitrogens with zero attached hydrogens (tertiary/aromatic N) is 6. The molecule has 0 radical (unpaired) electrons. The SMILES string of the molecule is CNNC(=O)[C@H]1O[C@@H](n2cnc3c(NCc4cc(Cl)ccn4)nc(-c4cncc(F)c4)nc32)[C@H](O)[C@@H]1O. The van der Waals surface area contributed by atoms with Crippen molar-refractivity contribution in [1.82, 2.24) is 40.3 Å². The number of pyridine rings is 2. The van der Waals surface area contributed by atoms with Gasteiger partial charge in [-0.05, 0) is 18.2 Å². The number of rotatable bonds is 7. The topological polar surface area (TPSA) is 172 Å². The van der Waals surface area contributed by atoms with Crippen LogP contribution in [0.25, 0.3) is 22.6 Å². The number of hydrogen-bond acceptors (Lipinski definition) is 11. The summed E-state index contributed by atoms with van der Waals surface area (Å²) in [7, 11) is 1.48. The van der Waals surface area contributed by atoms with E-state index in [-0.39, 0.29) is 29.4 Å². The fourth-order valence-corrected chi connectivity index (χ4v) is 4.09. The van der Waals surface area contributed by atoms with Crippen molar-refractivity contribution in [2.45, 2.75) is 31.1 Å². The maximum absolute atomic E-state index is 13.9. The normalized spacial score (nSPS) is 21.3.